The Hall–Kier alpha value is -3.29. The van der Waals surface area contributed by atoms with Gasteiger partial charge in [0.25, 0.3) is 5.91 Å². The molecule has 0 aliphatic rings. The highest BCUT2D eigenvalue weighted by molar-refractivity contribution is 6.05. The second-order valence-corrected chi connectivity index (χ2v) is 6.14. The molecule has 0 spiro atoms. The summed E-state index contributed by atoms with van der Waals surface area (Å²) < 4.78 is 41.4. The molecule has 0 saturated carbocycles. The van der Waals surface area contributed by atoms with Gasteiger partial charge in [0.2, 0.25) is 0 Å². The van der Waals surface area contributed by atoms with E-state index in [-0.39, 0.29) is 16.9 Å². The van der Waals surface area contributed by atoms with Gasteiger partial charge < -0.3 is 15.6 Å². The van der Waals surface area contributed by atoms with Gasteiger partial charge in [-0.3, -0.25) is 4.79 Å². The number of hydrogen-bond acceptors (Lipinski definition) is 3. The molecule has 3 aromatic rings. The van der Waals surface area contributed by atoms with Gasteiger partial charge in [0.05, 0.1) is 5.56 Å². The van der Waals surface area contributed by atoms with Crippen LogP contribution in [0.15, 0.2) is 48.8 Å². The minimum atomic E-state index is -4.56. The quantitative estimate of drug-likeness (QED) is 0.670. The van der Waals surface area contributed by atoms with Crippen molar-refractivity contribution in [1.82, 2.24) is 9.55 Å². The van der Waals surface area contributed by atoms with Gasteiger partial charge in [0, 0.05) is 35.0 Å². The van der Waals surface area contributed by atoms with Crippen molar-refractivity contribution in [3.63, 3.8) is 0 Å². The number of carbonyl (C=O) groups is 1. The number of nitrogens with two attached hydrogens (primary N) is 1. The molecule has 0 atom stereocenters. The fourth-order valence-corrected chi connectivity index (χ4v) is 2.62. The third-order valence-corrected chi connectivity index (χ3v) is 4.15. The molecular formula is C19H17F3N4O. The fraction of sp³-hybridized carbons (Fsp3) is 0.158. The molecule has 0 aliphatic heterocycles. The number of aromatic nitrogens is 2. The first-order chi connectivity index (χ1) is 12.6. The molecule has 3 rings (SSSR count). The number of halogens is 3. The van der Waals surface area contributed by atoms with E-state index in [4.69, 9.17) is 5.73 Å². The summed E-state index contributed by atoms with van der Waals surface area (Å²) in [4.78, 5) is 16.5. The lowest BCUT2D eigenvalue weighted by molar-refractivity contribution is -0.137. The van der Waals surface area contributed by atoms with Crippen LogP contribution in [0.2, 0.25) is 0 Å². The van der Waals surface area contributed by atoms with Gasteiger partial charge >= 0.3 is 6.18 Å². The second-order valence-electron chi connectivity index (χ2n) is 6.14. The van der Waals surface area contributed by atoms with E-state index in [1.807, 2.05) is 0 Å². The van der Waals surface area contributed by atoms with Gasteiger partial charge in [-0.05, 0) is 49.7 Å². The van der Waals surface area contributed by atoms with Crippen molar-refractivity contribution in [2.45, 2.75) is 20.0 Å². The molecule has 2 aromatic carbocycles. The van der Waals surface area contributed by atoms with Crippen molar-refractivity contribution >= 4 is 17.3 Å². The molecule has 5 nitrogen and oxygen atoms in total. The second kappa shape index (κ2) is 6.79. The van der Waals surface area contributed by atoms with Crippen molar-refractivity contribution in [3.8, 4) is 5.69 Å². The maximum atomic E-state index is 13.3. The van der Waals surface area contributed by atoms with Gasteiger partial charge in [-0.2, -0.15) is 13.2 Å². The Morgan fingerprint density at radius 1 is 1.15 bits per heavy atom. The van der Waals surface area contributed by atoms with Crippen molar-refractivity contribution < 1.29 is 18.0 Å². The van der Waals surface area contributed by atoms with Crippen LogP contribution in [0.4, 0.5) is 24.5 Å². The first-order valence-electron chi connectivity index (χ1n) is 8.05. The smallest absolute Gasteiger partial charge is 0.398 e. The van der Waals surface area contributed by atoms with Crippen LogP contribution in [-0.4, -0.2) is 15.5 Å². The largest absolute Gasteiger partial charge is 0.416 e. The Morgan fingerprint density at radius 2 is 1.89 bits per heavy atom. The van der Waals surface area contributed by atoms with Crippen molar-refractivity contribution in [2.24, 2.45) is 0 Å². The van der Waals surface area contributed by atoms with Crippen LogP contribution in [0.5, 0.6) is 0 Å². The summed E-state index contributed by atoms with van der Waals surface area (Å²) in [5.41, 5.74) is 6.70. The Labute approximate surface area is 153 Å². The lowest BCUT2D eigenvalue weighted by atomic mass is 10.1. The number of nitrogens with one attached hydrogen (secondary N) is 1. The summed E-state index contributed by atoms with van der Waals surface area (Å²) in [5.74, 6) is -0.0211. The zero-order chi connectivity index (χ0) is 19.8. The maximum absolute atomic E-state index is 13.3. The van der Waals surface area contributed by atoms with Crippen molar-refractivity contribution in [1.29, 1.82) is 0 Å². The topological polar surface area (TPSA) is 72.9 Å². The molecule has 1 heterocycles. The van der Waals surface area contributed by atoms with E-state index in [0.717, 1.165) is 17.7 Å². The third kappa shape index (κ3) is 3.94. The summed E-state index contributed by atoms with van der Waals surface area (Å²) >= 11 is 0. The summed E-state index contributed by atoms with van der Waals surface area (Å²) in [6, 6.07) is 8.09. The maximum Gasteiger partial charge on any atom is 0.416 e. The predicted octanol–water partition coefficient (Wildman–Crippen LogP) is 4.34. The molecule has 1 aromatic heterocycles. The average molecular weight is 374 g/mol. The number of hydrogen-bond donors (Lipinski definition) is 2. The lowest BCUT2D eigenvalue weighted by Crippen LogP contribution is -2.14. The first-order valence-corrected chi connectivity index (χ1v) is 8.05. The van der Waals surface area contributed by atoms with E-state index in [9.17, 15) is 18.0 Å². The monoisotopic (exact) mass is 374 g/mol. The van der Waals surface area contributed by atoms with Crippen LogP contribution in [0.1, 0.15) is 27.3 Å². The predicted molar refractivity (Wildman–Crippen MR) is 96.8 cm³/mol. The summed E-state index contributed by atoms with van der Waals surface area (Å²) in [6.45, 7) is 3.47. The van der Waals surface area contributed by atoms with Gasteiger partial charge in [-0.15, -0.1) is 0 Å². The number of imidazole rings is 1. The van der Waals surface area contributed by atoms with Gasteiger partial charge in [0.1, 0.15) is 5.82 Å². The number of nitrogen functional groups attached to an aromatic ring is 1. The molecule has 8 heteroatoms. The van der Waals surface area contributed by atoms with Crippen molar-refractivity contribution in [3.05, 3.63) is 71.3 Å². The molecular weight excluding hydrogens is 357 g/mol. The number of aryl methyl sites for hydroxylation is 2. The molecule has 27 heavy (non-hydrogen) atoms. The Morgan fingerprint density at radius 3 is 2.48 bits per heavy atom. The molecule has 0 bridgehead atoms. The Bertz CT molecular complexity index is 1010. The molecule has 0 fully saturated rings. The first kappa shape index (κ1) is 18.5. The highest BCUT2D eigenvalue weighted by atomic mass is 19.4. The number of carbonyl (C=O) groups excluding carboxylic acids is 1. The molecule has 0 unspecified atom stereocenters. The highest BCUT2D eigenvalue weighted by Gasteiger charge is 2.31. The normalized spacial score (nSPS) is 11.4. The zero-order valence-electron chi connectivity index (χ0n) is 14.6. The number of benzene rings is 2. The van der Waals surface area contributed by atoms with Crippen LogP contribution in [0.25, 0.3) is 5.69 Å². The number of nitrogens with zero attached hydrogens (tertiary/aromatic N) is 2. The fourth-order valence-electron chi connectivity index (χ4n) is 2.62. The molecule has 140 valence electrons. The zero-order valence-corrected chi connectivity index (χ0v) is 14.6. The summed E-state index contributed by atoms with van der Waals surface area (Å²) in [7, 11) is 0. The van der Waals surface area contributed by atoms with Crippen LogP contribution in [-0.2, 0) is 6.18 Å². The minimum absolute atomic E-state index is 0.0251. The van der Waals surface area contributed by atoms with Crippen LogP contribution in [0, 0.1) is 13.8 Å². The Balaban J connectivity index is 2.00. The van der Waals surface area contributed by atoms with E-state index >= 15 is 0 Å². The van der Waals surface area contributed by atoms with Crippen LogP contribution >= 0.6 is 0 Å². The van der Waals surface area contributed by atoms with E-state index < -0.39 is 17.6 Å². The van der Waals surface area contributed by atoms with E-state index in [1.54, 1.807) is 32.2 Å². The highest BCUT2D eigenvalue weighted by Crippen LogP contribution is 2.33. The molecule has 0 saturated heterocycles. The molecule has 3 N–H and O–H groups in total. The molecule has 0 radical (unpaired) electrons. The average Bonchev–Trinajstić information content (AvgIpc) is 3.02. The lowest BCUT2D eigenvalue weighted by Gasteiger charge is -2.14. The van der Waals surface area contributed by atoms with Gasteiger partial charge in [-0.25, -0.2) is 4.98 Å². The summed E-state index contributed by atoms with van der Waals surface area (Å²) in [6.07, 6.45) is -1.52. The van der Waals surface area contributed by atoms with Crippen LogP contribution in [0.3, 0.4) is 0 Å². The minimum Gasteiger partial charge on any atom is -0.398 e. The molecule has 1 amide bonds. The SMILES string of the molecule is Cc1ccc(C(=O)Nc2cc(-n3ccnc3C)cc(C(F)(F)F)c2)cc1N. The van der Waals surface area contributed by atoms with Gasteiger partial charge in [-0.1, -0.05) is 6.07 Å². The number of amides is 1. The van der Waals surface area contributed by atoms with E-state index in [0.29, 0.717) is 11.5 Å². The van der Waals surface area contributed by atoms with Gasteiger partial charge in [0.15, 0.2) is 0 Å². The Kier molecular flexibility index (Phi) is 4.65. The van der Waals surface area contributed by atoms with E-state index in [1.165, 1.54) is 22.9 Å². The van der Waals surface area contributed by atoms with E-state index in [2.05, 4.69) is 10.3 Å². The third-order valence-electron chi connectivity index (χ3n) is 4.15. The molecule has 0 aliphatic carbocycles. The summed E-state index contributed by atoms with van der Waals surface area (Å²) in [5, 5.41) is 2.51. The van der Waals surface area contributed by atoms with Crippen molar-refractivity contribution in [2.75, 3.05) is 11.1 Å². The number of anilines is 2. The van der Waals surface area contributed by atoms with Crippen LogP contribution < -0.4 is 11.1 Å². The number of rotatable bonds is 3. The standard InChI is InChI=1S/C19H17F3N4O/c1-11-3-4-13(7-17(11)23)18(27)25-15-8-14(19(20,21)22)9-16(10-15)26-6-5-24-12(26)2/h3-10H,23H2,1-2H3,(H,25,27). The number of alkyl halides is 3.